The van der Waals surface area contributed by atoms with Crippen molar-refractivity contribution in [2.75, 3.05) is 4.90 Å². The molecule has 3 aromatic rings. The van der Waals surface area contributed by atoms with Gasteiger partial charge in [-0.1, -0.05) is 47.5 Å². The highest BCUT2D eigenvalue weighted by Crippen LogP contribution is 2.46. The van der Waals surface area contributed by atoms with E-state index in [9.17, 15) is 9.59 Å². The van der Waals surface area contributed by atoms with Crippen molar-refractivity contribution in [1.29, 1.82) is 0 Å². The van der Waals surface area contributed by atoms with E-state index in [1.165, 1.54) is 16.7 Å². The van der Waals surface area contributed by atoms with Crippen molar-refractivity contribution >= 4 is 68.3 Å². The smallest absolute Gasteiger partial charge is 0.329 e. The molecule has 8 heteroatoms. The molecule has 2 aliphatic rings. The molecule has 0 radical (unpaired) electrons. The van der Waals surface area contributed by atoms with Gasteiger partial charge in [0.05, 0.1) is 22.9 Å². The number of thioether (sulfide) groups is 1. The summed E-state index contributed by atoms with van der Waals surface area (Å²) in [6.45, 7) is 1.92. The largest absolute Gasteiger partial charge is 0.329 e. The Morgan fingerprint density at radius 1 is 1.13 bits per heavy atom. The third kappa shape index (κ3) is 3.07. The highest BCUT2D eigenvalue weighted by atomic mass is 35.5. The number of rotatable bonds is 2. The average molecular weight is 456 g/mol. The standard InChI is InChI=1S/C22H15Cl2N3O2S/c1-11-6-13(23)7-15(24)19(11)18-8-16-20(30-18)21(28)27(22(29)26-16)17-10-25-9-12-4-2-3-5-14(12)17/h2-10,16,20H,1H3,(H,26,29). The zero-order chi connectivity index (χ0) is 21.0. The fraction of sp³-hybridized carbons (Fsp3) is 0.136. The van der Waals surface area contributed by atoms with Crippen LogP contribution < -0.4 is 10.2 Å². The normalized spacial score (nSPS) is 20.9. The number of fused-ring (bicyclic) bond motifs is 2. The van der Waals surface area contributed by atoms with Gasteiger partial charge in [0, 0.05) is 32.5 Å². The molecule has 0 saturated carbocycles. The lowest BCUT2D eigenvalue weighted by atomic mass is 10.0. The van der Waals surface area contributed by atoms with Crippen molar-refractivity contribution < 1.29 is 9.59 Å². The molecule has 2 aromatic carbocycles. The van der Waals surface area contributed by atoms with Crippen molar-refractivity contribution in [2.45, 2.75) is 18.2 Å². The molecule has 0 aliphatic carbocycles. The number of halogens is 2. The Kier molecular flexibility index (Phi) is 4.73. The maximum absolute atomic E-state index is 13.4. The Morgan fingerprint density at radius 3 is 2.73 bits per heavy atom. The number of amides is 3. The van der Waals surface area contributed by atoms with E-state index in [1.54, 1.807) is 18.5 Å². The molecule has 5 rings (SSSR count). The Balaban J connectivity index is 1.52. The first-order chi connectivity index (χ1) is 14.4. The third-order valence-corrected chi connectivity index (χ3v) is 7.11. The molecule has 150 valence electrons. The van der Waals surface area contributed by atoms with Crippen LogP contribution in [0.4, 0.5) is 10.5 Å². The van der Waals surface area contributed by atoms with Crippen LogP contribution in [0.1, 0.15) is 11.1 Å². The molecular formula is C22H15Cl2N3O2S. The molecule has 5 nitrogen and oxygen atoms in total. The molecule has 2 atom stereocenters. The van der Waals surface area contributed by atoms with Gasteiger partial charge in [0.1, 0.15) is 5.25 Å². The summed E-state index contributed by atoms with van der Waals surface area (Å²) in [4.78, 5) is 32.5. The lowest BCUT2D eigenvalue weighted by molar-refractivity contribution is -0.118. The lowest BCUT2D eigenvalue weighted by Gasteiger charge is -2.33. The van der Waals surface area contributed by atoms with Gasteiger partial charge in [-0.2, -0.15) is 0 Å². The van der Waals surface area contributed by atoms with Gasteiger partial charge >= 0.3 is 6.03 Å². The van der Waals surface area contributed by atoms with Crippen molar-refractivity contribution in [3.63, 3.8) is 0 Å². The van der Waals surface area contributed by atoms with Gasteiger partial charge in [-0.25, -0.2) is 9.69 Å². The second-order valence-electron chi connectivity index (χ2n) is 7.18. The number of hydrogen-bond acceptors (Lipinski definition) is 4. The van der Waals surface area contributed by atoms with Crippen LogP contribution in [-0.4, -0.2) is 28.2 Å². The summed E-state index contributed by atoms with van der Waals surface area (Å²) in [6.07, 6.45) is 5.16. The van der Waals surface area contributed by atoms with Crippen LogP contribution in [0.3, 0.4) is 0 Å². The zero-order valence-electron chi connectivity index (χ0n) is 15.7. The summed E-state index contributed by atoms with van der Waals surface area (Å²) in [6, 6.07) is 10.2. The van der Waals surface area contributed by atoms with E-state index in [4.69, 9.17) is 23.2 Å². The monoisotopic (exact) mass is 455 g/mol. The Bertz CT molecular complexity index is 1230. The topological polar surface area (TPSA) is 62.3 Å². The maximum atomic E-state index is 13.4. The first-order valence-electron chi connectivity index (χ1n) is 9.26. The highest BCUT2D eigenvalue weighted by molar-refractivity contribution is 8.09. The van der Waals surface area contributed by atoms with Gasteiger partial charge in [0.2, 0.25) is 0 Å². The number of carbonyl (C=O) groups is 2. The molecule has 1 fully saturated rings. The number of benzene rings is 2. The third-order valence-electron chi connectivity index (χ3n) is 5.25. The van der Waals surface area contributed by atoms with Gasteiger partial charge in [-0.05, 0) is 30.7 Å². The maximum Gasteiger partial charge on any atom is 0.329 e. The van der Waals surface area contributed by atoms with Crippen LogP contribution in [0.2, 0.25) is 10.0 Å². The zero-order valence-corrected chi connectivity index (χ0v) is 18.1. The van der Waals surface area contributed by atoms with Crippen molar-refractivity contribution in [3.8, 4) is 0 Å². The molecule has 2 aliphatic heterocycles. The molecule has 2 unspecified atom stereocenters. The number of pyridine rings is 1. The van der Waals surface area contributed by atoms with E-state index in [2.05, 4.69) is 10.3 Å². The predicted octanol–water partition coefficient (Wildman–Crippen LogP) is 5.43. The molecule has 3 amide bonds. The van der Waals surface area contributed by atoms with Gasteiger partial charge < -0.3 is 5.32 Å². The van der Waals surface area contributed by atoms with Crippen LogP contribution in [0.5, 0.6) is 0 Å². The minimum Gasteiger partial charge on any atom is -0.329 e. The van der Waals surface area contributed by atoms with E-state index < -0.39 is 17.3 Å². The summed E-state index contributed by atoms with van der Waals surface area (Å²) in [5, 5.41) is 5.19. The molecule has 0 bridgehead atoms. The average Bonchev–Trinajstić information content (AvgIpc) is 3.11. The van der Waals surface area contributed by atoms with Crippen LogP contribution >= 0.6 is 35.0 Å². The van der Waals surface area contributed by atoms with E-state index in [0.717, 1.165) is 26.8 Å². The summed E-state index contributed by atoms with van der Waals surface area (Å²) in [5.74, 6) is -0.277. The number of anilines is 1. The van der Waals surface area contributed by atoms with E-state index in [0.29, 0.717) is 15.7 Å². The van der Waals surface area contributed by atoms with Crippen molar-refractivity contribution in [3.05, 3.63) is 76.0 Å². The number of imide groups is 1. The molecule has 30 heavy (non-hydrogen) atoms. The second-order valence-corrected chi connectivity index (χ2v) is 9.20. The first-order valence-corrected chi connectivity index (χ1v) is 10.9. The van der Waals surface area contributed by atoms with Crippen LogP contribution in [0.25, 0.3) is 15.7 Å². The summed E-state index contributed by atoms with van der Waals surface area (Å²) >= 11 is 13.9. The quantitative estimate of drug-likeness (QED) is 0.559. The van der Waals surface area contributed by atoms with E-state index in [1.807, 2.05) is 43.3 Å². The Morgan fingerprint density at radius 2 is 1.93 bits per heavy atom. The van der Waals surface area contributed by atoms with Crippen molar-refractivity contribution in [1.82, 2.24) is 10.3 Å². The Labute approximate surface area is 187 Å². The number of nitrogens with one attached hydrogen (secondary N) is 1. The number of aromatic nitrogens is 1. The molecular weight excluding hydrogens is 441 g/mol. The minimum absolute atomic E-state index is 0.277. The molecule has 1 N–H and O–H groups in total. The van der Waals surface area contributed by atoms with Crippen LogP contribution in [0, 0.1) is 6.92 Å². The lowest BCUT2D eigenvalue weighted by Crippen LogP contribution is -2.60. The highest BCUT2D eigenvalue weighted by Gasteiger charge is 2.46. The SMILES string of the molecule is Cc1cc(Cl)cc(Cl)c1C1=CC2NC(=O)N(c3cncc4ccccc34)C(=O)C2S1. The Hall–Kier alpha value is -2.54. The summed E-state index contributed by atoms with van der Waals surface area (Å²) in [7, 11) is 0. The number of carbonyl (C=O) groups excluding carboxylic acids is 2. The number of urea groups is 1. The number of nitrogens with zero attached hydrogens (tertiary/aromatic N) is 2. The summed E-state index contributed by atoms with van der Waals surface area (Å²) in [5.41, 5.74) is 2.23. The second kappa shape index (κ2) is 7.30. The summed E-state index contributed by atoms with van der Waals surface area (Å²) < 4.78 is 0. The molecule has 0 spiro atoms. The van der Waals surface area contributed by atoms with Crippen molar-refractivity contribution in [2.24, 2.45) is 0 Å². The number of aryl methyl sites for hydroxylation is 1. The van der Waals surface area contributed by atoms with Gasteiger partial charge in [0.15, 0.2) is 0 Å². The first kappa shape index (κ1) is 19.4. The van der Waals surface area contributed by atoms with Gasteiger partial charge in [-0.3, -0.25) is 9.78 Å². The van der Waals surface area contributed by atoms with E-state index >= 15 is 0 Å². The minimum atomic E-state index is -0.484. The van der Waals surface area contributed by atoms with E-state index in [-0.39, 0.29) is 5.91 Å². The number of hydrogen-bond donors (Lipinski definition) is 1. The molecule has 3 heterocycles. The van der Waals surface area contributed by atoms with Crippen LogP contribution in [0.15, 0.2) is 54.9 Å². The molecule has 1 aromatic heterocycles. The molecule has 1 saturated heterocycles. The van der Waals surface area contributed by atoms with Gasteiger partial charge in [-0.15, -0.1) is 11.8 Å². The fourth-order valence-corrected chi connectivity index (χ4v) is 6.06. The predicted molar refractivity (Wildman–Crippen MR) is 122 cm³/mol. The van der Waals surface area contributed by atoms with Gasteiger partial charge in [0.25, 0.3) is 5.91 Å². The fourth-order valence-electron chi connectivity index (χ4n) is 3.92. The van der Waals surface area contributed by atoms with Crippen LogP contribution in [-0.2, 0) is 4.79 Å².